The van der Waals surface area contributed by atoms with Gasteiger partial charge in [0.25, 0.3) is 0 Å². The summed E-state index contributed by atoms with van der Waals surface area (Å²) in [6, 6.07) is 9.10. The summed E-state index contributed by atoms with van der Waals surface area (Å²) in [4.78, 5) is 1.41. The third-order valence-electron chi connectivity index (χ3n) is 3.10. The Bertz CT molecular complexity index is 533. The highest BCUT2D eigenvalue weighted by Gasteiger charge is 2.16. The molecule has 0 saturated heterocycles. The monoisotopic (exact) mass is 323 g/mol. The molecule has 1 heterocycles. The van der Waals surface area contributed by atoms with Crippen LogP contribution in [0.25, 0.3) is 0 Å². The maximum Gasteiger partial charge on any atom is 0.0674 e. The van der Waals surface area contributed by atoms with E-state index < -0.39 is 0 Å². The van der Waals surface area contributed by atoms with Crippen molar-refractivity contribution in [3.05, 3.63) is 55.7 Å². The minimum absolute atomic E-state index is 0.298. The molecule has 1 nitrogen and oxygen atoms in total. The van der Waals surface area contributed by atoms with E-state index in [0.717, 1.165) is 6.54 Å². The van der Waals surface area contributed by atoms with Crippen molar-refractivity contribution in [3.63, 3.8) is 0 Å². The third kappa shape index (κ3) is 2.85. The van der Waals surface area contributed by atoms with E-state index in [1.807, 2.05) is 11.3 Å². The van der Waals surface area contributed by atoms with Gasteiger partial charge < -0.3 is 5.32 Å². The van der Waals surface area contributed by atoms with Crippen LogP contribution in [0.15, 0.2) is 34.1 Å². The van der Waals surface area contributed by atoms with Crippen LogP contribution in [0.1, 0.15) is 34.5 Å². The SMILES string of the molecule is CCNC(c1ccc(C)c(Br)c1)c1sccc1C. The summed E-state index contributed by atoms with van der Waals surface area (Å²) < 4.78 is 1.18. The summed E-state index contributed by atoms with van der Waals surface area (Å²) in [6.45, 7) is 7.42. The second kappa shape index (κ2) is 6.00. The highest BCUT2D eigenvalue weighted by Crippen LogP contribution is 2.31. The predicted octanol–water partition coefficient (Wildman–Crippen LogP) is 4.83. The van der Waals surface area contributed by atoms with E-state index in [1.165, 1.54) is 26.0 Å². The van der Waals surface area contributed by atoms with E-state index in [1.54, 1.807) is 0 Å². The molecule has 3 heteroatoms. The Morgan fingerprint density at radius 1 is 1.22 bits per heavy atom. The average Bonchev–Trinajstić information content (AvgIpc) is 2.76. The van der Waals surface area contributed by atoms with Gasteiger partial charge in [0, 0.05) is 9.35 Å². The molecule has 1 unspecified atom stereocenters. The van der Waals surface area contributed by atoms with Crippen molar-refractivity contribution >= 4 is 27.3 Å². The quantitative estimate of drug-likeness (QED) is 0.850. The van der Waals surface area contributed by atoms with Gasteiger partial charge in [0.2, 0.25) is 0 Å². The van der Waals surface area contributed by atoms with Crippen LogP contribution >= 0.6 is 27.3 Å². The van der Waals surface area contributed by atoms with Gasteiger partial charge in [-0.25, -0.2) is 0 Å². The molecule has 2 rings (SSSR count). The molecular formula is C15H18BrNS. The van der Waals surface area contributed by atoms with E-state index in [9.17, 15) is 0 Å². The lowest BCUT2D eigenvalue weighted by atomic mass is 10.0. The standard InChI is InChI=1S/C15H18BrNS/c1-4-17-14(15-11(3)7-8-18-15)12-6-5-10(2)13(16)9-12/h5-9,14,17H,4H2,1-3H3. The summed E-state index contributed by atoms with van der Waals surface area (Å²) in [6.07, 6.45) is 0. The second-order valence-electron chi connectivity index (χ2n) is 4.47. The minimum atomic E-state index is 0.298. The summed E-state index contributed by atoms with van der Waals surface area (Å²) in [5, 5.41) is 5.74. The molecule has 0 aliphatic carbocycles. The molecule has 0 saturated carbocycles. The van der Waals surface area contributed by atoms with Crippen LogP contribution in [-0.4, -0.2) is 6.54 Å². The number of rotatable bonds is 4. The fourth-order valence-electron chi connectivity index (χ4n) is 2.03. The first-order valence-corrected chi connectivity index (χ1v) is 7.84. The van der Waals surface area contributed by atoms with Crippen LogP contribution < -0.4 is 5.32 Å². The molecule has 18 heavy (non-hydrogen) atoms. The molecule has 1 aromatic heterocycles. The van der Waals surface area contributed by atoms with Crippen LogP contribution in [-0.2, 0) is 0 Å². The van der Waals surface area contributed by atoms with E-state index >= 15 is 0 Å². The normalized spacial score (nSPS) is 12.7. The number of halogens is 1. The van der Waals surface area contributed by atoms with Crippen molar-refractivity contribution in [2.45, 2.75) is 26.8 Å². The first-order valence-electron chi connectivity index (χ1n) is 6.17. The van der Waals surface area contributed by atoms with Gasteiger partial charge in [-0.3, -0.25) is 0 Å². The number of hydrogen-bond donors (Lipinski definition) is 1. The molecule has 0 amide bonds. The number of aryl methyl sites for hydroxylation is 2. The van der Waals surface area contributed by atoms with Crippen LogP contribution in [0.4, 0.5) is 0 Å². The van der Waals surface area contributed by atoms with Crippen LogP contribution in [0.3, 0.4) is 0 Å². The van der Waals surface area contributed by atoms with Crippen molar-refractivity contribution in [2.24, 2.45) is 0 Å². The third-order valence-corrected chi connectivity index (χ3v) is 5.04. The van der Waals surface area contributed by atoms with Crippen LogP contribution in [0.5, 0.6) is 0 Å². The molecule has 96 valence electrons. The fourth-order valence-corrected chi connectivity index (χ4v) is 3.46. The summed E-state index contributed by atoms with van der Waals surface area (Å²) >= 11 is 5.45. The van der Waals surface area contributed by atoms with E-state index in [2.05, 4.69) is 71.7 Å². The van der Waals surface area contributed by atoms with Gasteiger partial charge >= 0.3 is 0 Å². The van der Waals surface area contributed by atoms with E-state index in [0.29, 0.717) is 6.04 Å². The molecule has 0 radical (unpaired) electrons. The zero-order chi connectivity index (χ0) is 13.1. The van der Waals surface area contributed by atoms with Gasteiger partial charge in [-0.15, -0.1) is 11.3 Å². The maximum atomic E-state index is 3.62. The lowest BCUT2D eigenvalue weighted by molar-refractivity contribution is 0.637. The molecule has 1 atom stereocenters. The van der Waals surface area contributed by atoms with Gasteiger partial charge in [-0.1, -0.05) is 35.0 Å². The molecule has 1 aromatic carbocycles. The Labute approximate surface area is 121 Å². The lowest BCUT2D eigenvalue weighted by Gasteiger charge is -2.19. The van der Waals surface area contributed by atoms with Gasteiger partial charge in [0.05, 0.1) is 6.04 Å². The molecule has 0 fully saturated rings. The number of nitrogens with one attached hydrogen (secondary N) is 1. The fraction of sp³-hybridized carbons (Fsp3) is 0.333. The Kier molecular flexibility index (Phi) is 4.60. The number of hydrogen-bond acceptors (Lipinski definition) is 2. The smallest absolute Gasteiger partial charge is 0.0674 e. The Balaban J connectivity index is 2.41. The highest BCUT2D eigenvalue weighted by atomic mass is 79.9. The Hall–Kier alpha value is -0.640. The molecule has 0 aliphatic heterocycles. The van der Waals surface area contributed by atoms with Crippen LogP contribution in [0.2, 0.25) is 0 Å². The van der Waals surface area contributed by atoms with Gasteiger partial charge in [-0.05, 0) is 54.6 Å². The van der Waals surface area contributed by atoms with E-state index in [-0.39, 0.29) is 0 Å². The van der Waals surface area contributed by atoms with Crippen molar-refractivity contribution < 1.29 is 0 Å². The number of benzene rings is 1. The molecule has 2 aromatic rings. The zero-order valence-electron chi connectivity index (χ0n) is 11.0. The Morgan fingerprint density at radius 3 is 2.56 bits per heavy atom. The maximum absolute atomic E-state index is 3.62. The summed E-state index contributed by atoms with van der Waals surface area (Å²) in [5.74, 6) is 0. The first-order chi connectivity index (χ1) is 8.63. The van der Waals surface area contributed by atoms with Crippen molar-refractivity contribution in [1.82, 2.24) is 5.32 Å². The van der Waals surface area contributed by atoms with Crippen LogP contribution in [0, 0.1) is 13.8 Å². The lowest BCUT2D eigenvalue weighted by Crippen LogP contribution is -2.21. The number of thiophene rings is 1. The molecule has 0 spiro atoms. The highest BCUT2D eigenvalue weighted by molar-refractivity contribution is 9.10. The summed E-state index contributed by atoms with van der Waals surface area (Å²) in [7, 11) is 0. The topological polar surface area (TPSA) is 12.0 Å². The van der Waals surface area contributed by atoms with Gasteiger partial charge in [0.1, 0.15) is 0 Å². The second-order valence-corrected chi connectivity index (χ2v) is 6.27. The average molecular weight is 324 g/mol. The van der Waals surface area contributed by atoms with Crippen molar-refractivity contribution in [1.29, 1.82) is 0 Å². The van der Waals surface area contributed by atoms with Gasteiger partial charge in [-0.2, -0.15) is 0 Å². The predicted molar refractivity (Wildman–Crippen MR) is 83.5 cm³/mol. The largest absolute Gasteiger partial charge is 0.306 e. The van der Waals surface area contributed by atoms with Gasteiger partial charge in [0.15, 0.2) is 0 Å². The summed E-state index contributed by atoms with van der Waals surface area (Å²) in [5.41, 5.74) is 3.96. The Morgan fingerprint density at radius 2 is 2.00 bits per heavy atom. The van der Waals surface area contributed by atoms with Crippen molar-refractivity contribution in [2.75, 3.05) is 6.54 Å². The zero-order valence-corrected chi connectivity index (χ0v) is 13.4. The first kappa shape index (κ1) is 13.8. The molecular weight excluding hydrogens is 306 g/mol. The molecule has 1 N–H and O–H groups in total. The van der Waals surface area contributed by atoms with Crippen molar-refractivity contribution in [3.8, 4) is 0 Å². The molecule has 0 aliphatic rings. The van der Waals surface area contributed by atoms with E-state index in [4.69, 9.17) is 0 Å². The minimum Gasteiger partial charge on any atom is -0.306 e. The molecule has 0 bridgehead atoms.